The molecule has 3 aromatic rings. The van der Waals surface area contributed by atoms with Gasteiger partial charge in [-0.3, -0.25) is 9.36 Å². The summed E-state index contributed by atoms with van der Waals surface area (Å²) in [6.45, 7) is 8.34. The molecule has 0 aliphatic carbocycles. The van der Waals surface area contributed by atoms with Crippen LogP contribution in [0.2, 0.25) is 0 Å². The van der Waals surface area contributed by atoms with Gasteiger partial charge in [0.15, 0.2) is 0 Å². The second-order valence-electron chi connectivity index (χ2n) is 6.59. The highest BCUT2D eigenvalue weighted by Crippen LogP contribution is 2.19. The molecule has 136 valence electrons. The van der Waals surface area contributed by atoms with Crippen LogP contribution < -0.4 is 11.0 Å². The molecular formula is C19H23N5O2. The monoisotopic (exact) mass is 353 g/mol. The number of H-pyrrole nitrogens is 1. The molecule has 2 N–H and O–H groups in total. The standard InChI is InChI=1S/C19H23N5O2/c1-11-5-6-15-18(14(11)4)23-16(22-15)10-20-17(25)7-8-24-13(3)9-12(2)21-19(24)26/h5-6,9H,7-8,10H2,1-4H3,(H,20,25)(H,22,23). The van der Waals surface area contributed by atoms with E-state index in [4.69, 9.17) is 0 Å². The smallest absolute Gasteiger partial charge is 0.347 e. The highest BCUT2D eigenvalue weighted by Gasteiger charge is 2.10. The van der Waals surface area contributed by atoms with E-state index in [0.717, 1.165) is 22.3 Å². The number of carbonyl (C=O) groups is 1. The number of imidazole rings is 1. The Morgan fingerprint density at radius 1 is 1.19 bits per heavy atom. The zero-order valence-electron chi connectivity index (χ0n) is 15.5. The van der Waals surface area contributed by atoms with Gasteiger partial charge < -0.3 is 10.3 Å². The van der Waals surface area contributed by atoms with Crippen LogP contribution in [0.4, 0.5) is 0 Å². The van der Waals surface area contributed by atoms with Crippen molar-refractivity contribution in [3.8, 4) is 0 Å². The van der Waals surface area contributed by atoms with Crippen molar-refractivity contribution < 1.29 is 4.79 Å². The molecule has 1 amide bonds. The number of aromatic amines is 1. The number of aryl methyl sites for hydroxylation is 4. The third-order valence-electron chi connectivity index (χ3n) is 4.59. The molecule has 0 bridgehead atoms. The van der Waals surface area contributed by atoms with Gasteiger partial charge >= 0.3 is 5.69 Å². The number of hydrogen-bond acceptors (Lipinski definition) is 4. The summed E-state index contributed by atoms with van der Waals surface area (Å²) < 4.78 is 1.51. The Labute approximate surface area is 151 Å². The summed E-state index contributed by atoms with van der Waals surface area (Å²) in [5.74, 6) is 0.581. The van der Waals surface area contributed by atoms with E-state index in [1.807, 2.05) is 32.0 Å². The van der Waals surface area contributed by atoms with Crippen LogP contribution in [-0.2, 0) is 17.9 Å². The van der Waals surface area contributed by atoms with Crippen molar-refractivity contribution in [2.45, 2.75) is 47.2 Å². The van der Waals surface area contributed by atoms with E-state index in [2.05, 4.69) is 27.2 Å². The Morgan fingerprint density at radius 3 is 2.69 bits per heavy atom. The number of hydrogen-bond donors (Lipinski definition) is 2. The van der Waals surface area contributed by atoms with Gasteiger partial charge in [0, 0.05) is 24.4 Å². The average Bonchev–Trinajstić information content (AvgIpc) is 2.99. The molecule has 2 aromatic heterocycles. The highest BCUT2D eigenvalue weighted by molar-refractivity contribution is 5.80. The van der Waals surface area contributed by atoms with Gasteiger partial charge in [0.25, 0.3) is 0 Å². The van der Waals surface area contributed by atoms with Crippen LogP contribution in [0.5, 0.6) is 0 Å². The predicted octanol–water partition coefficient (Wildman–Crippen LogP) is 2.06. The van der Waals surface area contributed by atoms with Crippen LogP contribution in [0.15, 0.2) is 23.0 Å². The molecule has 0 fully saturated rings. The zero-order valence-corrected chi connectivity index (χ0v) is 15.5. The number of carbonyl (C=O) groups excluding carboxylic acids is 1. The summed E-state index contributed by atoms with van der Waals surface area (Å²) in [5.41, 5.74) is 5.39. The summed E-state index contributed by atoms with van der Waals surface area (Å²) in [5, 5.41) is 2.85. The molecule has 7 heteroatoms. The number of nitrogens with one attached hydrogen (secondary N) is 2. The van der Waals surface area contributed by atoms with E-state index in [1.54, 1.807) is 6.92 Å². The first-order valence-corrected chi connectivity index (χ1v) is 8.61. The highest BCUT2D eigenvalue weighted by atomic mass is 16.2. The molecule has 0 radical (unpaired) electrons. The molecule has 0 aliphatic rings. The molecule has 0 aliphatic heterocycles. The Morgan fingerprint density at radius 2 is 1.96 bits per heavy atom. The molecule has 26 heavy (non-hydrogen) atoms. The molecule has 0 spiro atoms. The van der Waals surface area contributed by atoms with Crippen molar-refractivity contribution >= 4 is 16.9 Å². The number of amides is 1. The van der Waals surface area contributed by atoms with Crippen molar-refractivity contribution in [3.63, 3.8) is 0 Å². The topological polar surface area (TPSA) is 92.7 Å². The molecule has 1 aromatic carbocycles. The van der Waals surface area contributed by atoms with Gasteiger partial charge in [-0.05, 0) is 51.0 Å². The van der Waals surface area contributed by atoms with Crippen molar-refractivity contribution in [2.75, 3.05) is 0 Å². The lowest BCUT2D eigenvalue weighted by Gasteiger charge is -2.09. The minimum Gasteiger partial charge on any atom is -0.349 e. The summed E-state index contributed by atoms with van der Waals surface area (Å²) in [6.07, 6.45) is 0.212. The fourth-order valence-electron chi connectivity index (χ4n) is 2.98. The Kier molecular flexibility index (Phi) is 4.88. The van der Waals surface area contributed by atoms with Crippen LogP contribution in [0.3, 0.4) is 0 Å². The lowest BCUT2D eigenvalue weighted by Crippen LogP contribution is -2.30. The molecule has 3 rings (SSSR count). The Bertz CT molecular complexity index is 1030. The van der Waals surface area contributed by atoms with Gasteiger partial charge in [0.1, 0.15) is 5.82 Å². The first kappa shape index (κ1) is 17.8. The summed E-state index contributed by atoms with van der Waals surface area (Å²) >= 11 is 0. The molecule has 7 nitrogen and oxygen atoms in total. The van der Waals surface area contributed by atoms with Gasteiger partial charge in [0.2, 0.25) is 5.91 Å². The minimum atomic E-state index is -0.321. The van der Waals surface area contributed by atoms with Crippen LogP contribution in [0.1, 0.15) is 34.8 Å². The maximum Gasteiger partial charge on any atom is 0.347 e. The van der Waals surface area contributed by atoms with Crippen molar-refractivity contribution in [1.82, 2.24) is 24.8 Å². The van der Waals surface area contributed by atoms with Gasteiger partial charge in [-0.2, -0.15) is 4.98 Å². The molecule has 2 heterocycles. The van der Waals surface area contributed by atoms with Gasteiger partial charge in [-0.15, -0.1) is 0 Å². The predicted molar refractivity (Wildman–Crippen MR) is 100 cm³/mol. The summed E-state index contributed by atoms with van der Waals surface area (Å²) in [4.78, 5) is 35.7. The van der Waals surface area contributed by atoms with Gasteiger partial charge in [-0.1, -0.05) is 6.07 Å². The van der Waals surface area contributed by atoms with Crippen LogP contribution in [0.25, 0.3) is 11.0 Å². The fourth-order valence-corrected chi connectivity index (χ4v) is 2.98. The number of benzene rings is 1. The van der Waals surface area contributed by atoms with E-state index < -0.39 is 0 Å². The number of aromatic nitrogens is 4. The van der Waals surface area contributed by atoms with Gasteiger partial charge in [-0.25, -0.2) is 9.78 Å². The second kappa shape index (κ2) is 7.11. The Hall–Kier alpha value is -2.96. The van der Waals surface area contributed by atoms with Gasteiger partial charge in [0.05, 0.1) is 17.6 Å². The molecule has 0 unspecified atom stereocenters. The zero-order chi connectivity index (χ0) is 18.8. The third kappa shape index (κ3) is 3.66. The maximum absolute atomic E-state index is 12.1. The third-order valence-corrected chi connectivity index (χ3v) is 4.59. The van der Waals surface area contributed by atoms with E-state index in [1.165, 1.54) is 10.1 Å². The Balaban J connectivity index is 1.61. The minimum absolute atomic E-state index is 0.134. The molecular weight excluding hydrogens is 330 g/mol. The van der Waals surface area contributed by atoms with E-state index in [9.17, 15) is 9.59 Å². The van der Waals surface area contributed by atoms with E-state index in [0.29, 0.717) is 24.6 Å². The lowest BCUT2D eigenvalue weighted by atomic mass is 10.1. The summed E-state index contributed by atoms with van der Waals surface area (Å²) in [6, 6.07) is 5.88. The first-order chi connectivity index (χ1) is 12.3. The van der Waals surface area contributed by atoms with Crippen molar-refractivity contribution in [1.29, 1.82) is 0 Å². The molecule has 0 saturated heterocycles. The summed E-state index contributed by atoms with van der Waals surface area (Å²) in [7, 11) is 0. The lowest BCUT2D eigenvalue weighted by molar-refractivity contribution is -0.121. The van der Waals surface area contributed by atoms with E-state index in [-0.39, 0.29) is 18.0 Å². The first-order valence-electron chi connectivity index (χ1n) is 8.61. The van der Waals surface area contributed by atoms with Crippen LogP contribution in [0, 0.1) is 27.7 Å². The number of nitrogens with zero attached hydrogens (tertiary/aromatic N) is 3. The van der Waals surface area contributed by atoms with Crippen LogP contribution in [-0.4, -0.2) is 25.4 Å². The molecule has 0 atom stereocenters. The largest absolute Gasteiger partial charge is 0.349 e. The van der Waals surface area contributed by atoms with Crippen molar-refractivity contribution in [3.05, 3.63) is 57.0 Å². The fraction of sp³-hybridized carbons (Fsp3) is 0.368. The number of rotatable bonds is 5. The maximum atomic E-state index is 12.1. The van der Waals surface area contributed by atoms with Crippen LogP contribution >= 0.6 is 0 Å². The van der Waals surface area contributed by atoms with Crippen molar-refractivity contribution in [2.24, 2.45) is 0 Å². The average molecular weight is 353 g/mol. The number of fused-ring (bicyclic) bond motifs is 1. The van der Waals surface area contributed by atoms with E-state index >= 15 is 0 Å². The SMILES string of the molecule is Cc1cc(C)n(CCC(=O)NCc2nc3c(C)c(C)ccc3[nH]2)c(=O)n1. The molecule has 0 saturated carbocycles. The second-order valence-corrected chi connectivity index (χ2v) is 6.59. The normalized spacial score (nSPS) is 11.1. The quantitative estimate of drug-likeness (QED) is 0.734.